The number of nitrogens with zero attached hydrogens (tertiary/aromatic N) is 2. The maximum absolute atomic E-state index is 12.5. The highest BCUT2D eigenvalue weighted by Gasteiger charge is 2.12. The third-order valence-electron chi connectivity index (χ3n) is 4.05. The summed E-state index contributed by atoms with van der Waals surface area (Å²) in [5.74, 6) is 0.760. The quantitative estimate of drug-likeness (QED) is 0.761. The first-order valence-corrected chi connectivity index (χ1v) is 8.00. The van der Waals surface area contributed by atoms with Crippen LogP contribution in [0.4, 0.5) is 5.69 Å². The molecular weight excluding hydrogens is 334 g/mol. The first kappa shape index (κ1) is 17.5. The van der Waals surface area contributed by atoms with Gasteiger partial charge in [0.05, 0.1) is 31.4 Å². The smallest absolute Gasteiger partial charge is 0.261 e. The van der Waals surface area contributed by atoms with Crippen LogP contribution in [0.25, 0.3) is 10.9 Å². The van der Waals surface area contributed by atoms with E-state index in [-0.39, 0.29) is 18.0 Å². The maximum Gasteiger partial charge on any atom is 0.261 e. The average molecular weight is 353 g/mol. The van der Waals surface area contributed by atoms with Gasteiger partial charge in [-0.25, -0.2) is 4.98 Å². The number of rotatable bonds is 5. The van der Waals surface area contributed by atoms with Gasteiger partial charge in [0, 0.05) is 11.8 Å². The topological polar surface area (TPSA) is 82.5 Å². The molecule has 2 aromatic carbocycles. The molecule has 0 spiro atoms. The number of carbonyl (C=O) groups is 1. The molecule has 0 bridgehead atoms. The number of benzene rings is 2. The van der Waals surface area contributed by atoms with Crippen LogP contribution in [0.5, 0.6) is 11.5 Å². The van der Waals surface area contributed by atoms with Gasteiger partial charge in [-0.15, -0.1) is 0 Å². The van der Waals surface area contributed by atoms with Crippen molar-refractivity contribution in [1.29, 1.82) is 0 Å². The van der Waals surface area contributed by atoms with Crippen LogP contribution >= 0.6 is 0 Å². The predicted molar refractivity (Wildman–Crippen MR) is 98.9 cm³/mol. The molecule has 1 aromatic heterocycles. The van der Waals surface area contributed by atoms with Gasteiger partial charge in [-0.3, -0.25) is 14.2 Å². The lowest BCUT2D eigenvalue weighted by molar-refractivity contribution is -0.116. The first-order chi connectivity index (χ1) is 12.5. The lowest BCUT2D eigenvalue weighted by Gasteiger charge is -2.14. The Hall–Kier alpha value is -3.35. The van der Waals surface area contributed by atoms with Gasteiger partial charge in [0.2, 0.25) is 5.91 Å². The molecule has 1 heterocycles. The van der Waals surface area contributed by atoms with Crippen molar-refractivity contribution in [1.82, 2.24) is 9.55 Å². The second kappa shape index (κ2) is 7.26. The highest BCUT2D eigenvalue weighted by molar-refractivity contribution is 5.92. The summed E-state index contributed by atoms with van der Waals surface area (Å²) in [6, 6.07) is 10.5. The van der Waals surface area contributed by atoms with Crippen molar-refractivity contribution in [2.45, 2.75) is 13.5 Å². The minimum absolute atomic E-state index is 0.134. The summed E-state index contributed by atoms with van der Waals surface area (Å²) in [6.07, 6.45) is 1.38. The van der Waals surface area contributed by atoms with E-state index in [4.69, 9.17) is 9.47 Å². The van der Waals surface area contributed by atoms with Crippen molar-refractivity contribution in [2.24, 2.45) is 0 Å². The molecule has 1 amide bonds. The number of ether oxygens (including phenoxy) is 2. The molecule has 0 unspecified atom stereocenters. The van der Waals surface area contributed by atoms with E-state index in [1.807, 2.05) is 13.0 Å². The van der Waals surface area contributed by atoms with E-state index in [0.29, 0.717) is 28.1 Å². The largest absolute Gasteiger partial charge is 0.493 e. The van der Waals surface area contributed by atoms with E-state index >= 15 is 0 Å². The van der Waals surface area contributed by atoms with Crippen molar-refractivity contribution < 1.29 is 14.3 Å². The normalized spacial score (nSPS) is 10.6. The zero-order valence-corrected chi connectivity index (χ0v) is 14.8. The Morgan fingerprint density at radius 3 is 2.58 bits per heavy atom. The summed E-state index contributed by atoms with van der Waals surface area (Å²) in [4.78, 5) is 29.1. The predicted octanol–water partition coefficient (Wildman–Crippen LogP) is 2.36. The van der Waals surface area contributed by atoms with Crippen molar-refractivity contribution in [3.63, 3.8) is 0 Å². The molecule has 0 atom stereocenters. The van der Waals surface area contributed by atoms with Crippen LogP contribution in [0.3, 0.4) is 0 Å². The maximum atomic E-state index is 12.5. The van der Waals surface area contributed by atoms with Gasteiger partial charge < -0.3 is 14.8 Å². The Morgan fingerprint density at radius 1 is 1.15 bits per heavy atom. The van der Waals surface area contributed by atoms with Crippen LogP contribution in [-0.4, -0.2) is 29.7 Å². The number of nitrogens with one attached hydrogen (secondary N) is 1. The number of aromatic nitrogens is 2. The molecule has 0 fully saturated rings. The molecule has 1 N–H and O–H groups in total. The SMILES string of the molecule is COc1cc(C)c(NC(=O)Cn2cnc3ccccc3c2=O)cc1OC. The molecule has 0 radical (unpaired) electrons. The molecule has 7 nitrogen and oxygen atoms in total. The zero-order chi connectivity index (χ0) is 18.7. The van der Waals surface area contributed by atoms with Crippen LogP contribution in [0.2, 0.25) is 0 Å². The molecule has 0 aliphatic rings. The van der Waals surface area contributed by atoms with Gasteiger partial charge in [0.25, 0.3) is 5.56 Å². The van der Waals surface area contributed by atoms with Crippen molar-refractivity contribution in [3.8, 4) is 11.5 Å². The molecule has 0 saturated carbocycles. The number of para-hydroxylation sites is 1. The Balaban J connectivity index is 1.84. The van der Waals surface area contributed by atoms with Crippen LogP contribution < -0.4 is 20.3 Å². The number of hydrogen-bond acceptors (Lipinski definition) is 5. The van der Waals surface area contributed by atoms with Gasteiger partial charge in [0.15, 0.2) is 11.5 Å². The van der Waals surface area contributed by atoms with Gasteiger partial charge >= 0.3 is 0 Å². The summed E-state index contributed by atoms with van der Waals surface area (Å²) < 4.78 is 11.8. The molecule has 0 aliphatic heterocycles. The first-order valence-electron chi connectivity index (χ1n) is 8.00. The van der Waals surface area contributed by atoms with Crippen LogP contribution in [0, 0.1) is 6.92 Å². The fourth-order valence-electron chi connectivity index (χ4n) is 2.68. The Morgan fingerprint density at radius 2 is 1.85 bits per heavy atom. The minimum Gasteiger partial charge on any atom is -0.493 e. The van der Waals surface area contributed by atoms with E-state index in [2.05, 4.69) is 10.3 Å². The standard InChI is InChI=1S/C19H19N3O4/c1-12-8-16(25-2)17(26-3)9-15(12)21-18(23)10-22-11-20-14-7-5-4-6-13(14)19(22)24/h4-9,11H,10H2,1-3H3,(H,21,23). The number of methoxy groups -OCH3 is 2. The summed E-state index contributed by atoms with van der Waals surface area (Å²) in [5, 5.41) is 3.27. The van der Waals surface area contributed by atoms with Crippen molar-refractivity contribution in [2.75, 3.05) is 19.5 Å². The van der Waals surface area contributed by atoms with E-state index in [9.17, 15) is 9.59 Å². The highest BCUT2D eigenvalue weighted by atomic mass is 16.5. The second-order valence-electron chi connectivity index (χ2n) is 5.77. The minimum atomic E-state index is -0.334. The molecule has 26 heavy (non-hydrogen) atoms. The zero-order valence-electron chi connectivity index (χ0n) is 14.8. The monoisotopic (exact) mass is 353 g/mol. The van der Waals surface area contributed by atoms with Gasteiger partial charge in [-0.05, 0) is 30.7 Å². The fourth-order valence-corrected chi connectivity index (χ4v) is 2.68. The second-order valence-corrected chi connectivity index (χ2v) is 5.77. The number of hydrogen-bond donors (Lipinski definition) is 1. The lowest BCUT2D eigenvalue weighted by Crippen LogP contribution is -2.28. The third kappa shape index (κ3) is 3.37. The molecule has 7 heteroatoms. The van der Waals surface area contributed by atoms with Crippen LogP contribution in [0.1, 0.15) is 5.56 Å². The average Bonchev–Trinajstić information content (AvgIpc) is 2.65. The molecule has 134 valence electrons. The summed E-state index contributed by atoms with van der Waals surface area (Å²) in [6.45, 7) is 1.71. The molecule has 0 aliphatic carbocycles. The van der Waals surface area contributed by atoms with Crippen molar-refractivity contribution >= 4 is 22.5 Å². The fraction of sp³-hybridized carbons (Fsp3) is 0.211. The Kier molecular flexibility index (Phi) is 4.88. The van der Waals surface area contributed by atoms with E-state index in [1.165, 1.54) is 18.0 Å². The summed E-state index contributed by atoms with van der Waals surface area (Å²) in [5.41, 5.74) is 1.76. The number of carbonyl (C=O) groups excluding carboxylic acids is 1. The summed E-state index contributed by atoms with van der Waals surface area (Å²) >= 11 is 0. The van der Waals surface area contributed by atoms with Crippen molar-refractivity contribution in [3.05, 3.63) is 58.6 Å². The highest BCUT2D eigenvalue weighted by Crippen LogP contribution is 2.32. The molecule has 3 aromatic rings. The number of aryl methyl sites for hydroxylation is 1. The lowest BCUT2D eigenvalue weighted by atomic mass is 10.1. The molecular formula is C19H19N3O4. The van der Waals surface area contributed by atoms with E-state index < -0.39 is 0 Å². The van der Waals surface area contributed by atoms with Gasteiger partial charge in [0.1, 0.15) is 6.54 Å². The van der Waals surface area contributed by atoms with Crippen LogP contribution in [0.15, 0.2) is 47.5 Å². The summed E-state index contributed by atoms with van der Waals surface area (Å²) in [7, 11) is 3.08. The Bertz CT molecular complexity index is 1030. The van der Waals surface area contributed by atoms with E-state index in [0.717, 1.165) is 5.56 Å². The van der Waals surface area contributed by atoms with E-state index in [1.54, 1.807) is 37.4 Å². The van der Waals surface area contributed by atoms with Gasteiger partial charge in [-0.2, -0.15) is 0 Å². The molecule has 3 rings (SSSR count). The van der Waals surface area contributed by atoms with Gasteiger partial charge in [-0.1, -0.05) is 12.1 Å². The number of fused-ring (bicyclic) bond motifs is 1. The number of anilines is 1. The molecule has 0 saturated heterocycles. The third-order valence-corrected chi connectivity index (χ3v) is 4.05. The number of amides is 1. The Labute approximate surface area is 150 Å². The van der Waals surface area contributed by atoms with Crippen LogP contribution in [-0.2, 0) is 11.3 Å².